The predicted molar refractivity (Wildman–Crippen MR) is 155 cm³/mol. The number of fused-ring (bicyclic) bond motifs is 1. The number of para-hydroxylation sites is 2. The number of carbonyl (C=O) groups is 1. The summed E-state index contributed by atoms with van der Waals surface area (Å²) in [5, 5.41) is 7.28. The molecule has 2 aliphatic rings. The van der Waals surface area contributed by atoms with Gasteiger partial charge < -0.3 is 20.1 Å². The molecule has 1 heterocycles. The van der Waals surface area contributed by atoms with Gasteiger partial charge in [-0.25, -0.2) is 0 Å². The van der Waals surface area contributed by atoms with Crippen molar-refractivity contribution in [3.05, 3.63) is 131 Å². The maximum absolute atomic E-state index is 13.9. The summed E-state index contributed by atoms with van der Waals surface area (Å²) in [6.07, 6.45) is 1.25. The highest BCUT2D eigenvalue weighted by atomic mass is 16.5. The fraction of sp³-hybridized carbons (Fsp3) is 0.206. The van der Waals surface area contributed by atoms with E-state index in [1.54, 1.807) is 7.11 Å². The van der Waals surface area contributed by atoms with Gasteiger partial charge in [0.2, 0.25) is 0 Å². The van der Waals surface area contributed by atoms with Gasteiger partial charge in [0, 0.05) is 17.7 Å². The first-order valence-electron chi connectivity index (χ1n) is 13.4. The molecule has 0 fully saturated rings. The molecule has 6 rings (SSSR count). The third-order valence-corrected chi connectivity index (χ3v) is 7.62. The molecular weight excluding hydrogens is 484 g/mol. The Morgan fingerprint density at radius 2 is 1.51 bits per heavy atom. The molecule has 39 heavy (non-hydrogen) atoms. The molecule has 5 heteroatoms. The van der Waals surface area contributed by atoms with Gasteiger partial charge in [0.1, 0.15) is 6.61 Å². The van der Waals surface area contributed by atoms with E-state index in [1.165, 1.54) is 11.1 Å². The van der Waals surface area contributed by atoms with Crippen molar-refractivity contribution in [2.45, 2.75) is 38.3 Å². The SMILES string of the molecule is COc1cc([C@H]2Nc3ccccc3NC3=C2C(=O)C[C@@H](c2ccc(C)cc2)C3)ccc1OCc1ccccc1. The molecule has 2 N–H and O–H groups in total. The minimum absolute atomic E-state index is 0.138. The summed E-state index contributed by atoms with van der Waals surface area (Å²) in [6.45, 7) is 2.53. The Balaban J connectivity index is 1.36. The molecule has 0 radical (unpaired) electrons. The number of nitrogens with one attached hydrogen (secondary N) is 2. The number of aryl methyl sites for hydroxylation is 1. The van der Waals surface area contributed by atoms with Crippen molar-refractivity contribution in [1.29, 1.82) is 0 Å². The van der Waals surface area contributed by atoms with Gasteiger partial charge in [-0.05, 0) is 60.2 Å². The molecule has 5 nitrogen and oxygen atoms in total. The first-order chi connectivity index (χ1) is 19.1. The van der Waals surface area contributed by atoms with E-state index >= 15 is 0 Å². The molecule has 196 valence electrons. The van der Waals surface area contributed by atoms with Gasteiger partial charge in [-0.2, -0.15) is 0 Å². The lowest BCUT2D eigenvalue weighted by Gasteiger charge is -2.30. The van der Waals surface area contributed by atoms with E-state index in [-0.39, 0.29) is 17.7 Å². The fourth-order valence-electron chi connectivity index (χ4n) is 5.53. The van der Waals surface area contributed by atoms with Crippen LogP contribution in [-0.2, 0) is 11.4 Å². The summed E-state index contributed by atoms with van der Waals surface area (Å²) in [6, 6.07) is 32.3. The summed E-state index contributed by atoms with van der Waals surface area (Å²) in [5.41, 5.74) is 8.15. The van der Waals surface area contributed by atoms with Crippen LogP contribution in [0.3, 0.4) is 0 Å². The number of allylic oxidation sites excluding steroid dienone is 1. The van der Waals surface area contributed by atoms with Crippen LogP contribution in [-0.4, -0.2) is 12.9 Å². The van der Waals surface area contributed by atoms with Crippen molar-refractivity contribution >= 4 is 17.2 Å². The van der Waals surface area contributed by atoms with Crippen LogP contribution in [0.25, 0.3) is 0 Å². The highest BCUT2D eigenvalue weighted by Crippen LogP contribution is 2.45. The van der Waals surface area contributed by atoms with Crippen LogP contribution >= 0.6 is 0 Å². The predicted octanol–water partition coefficient (Wildman–Crippen LogP) is 7.56. The smallest absolute Gasteiger partial charge is 0.163 e. The summed E-state index contributed by atoms with van der Waals surface area (Å²) in [5.74, 6) is 1.60. The minimum atomic E-state index is -0.320. The maximum atomic E-state index is 13.9. The minimum Gasteiger partial charge on any atom is -0.493 e. The lowest BCUT2D eigenvalue weighted by Crippen LogP contribution is -2.26. The second-order valence-corrected chi connectivity index (χ2v) is 10.3. The number of hydrogen-bond donors (Lipinski definition) is 2. The molecule has 0 amide bonds. The van der Waals surface area contributed by atoms with Crippen molar-refractivity contribution in [1.82, 2.24) is 0 Å². The molecule has 0 bridgehead atoms. The van der Waals surface area contributed by atoms with E-state index in [4.69, 9.17) is 9.47 Å². The van der Waals surface area contributed by atoms with E-state index in [2.05, 4.69) is 47.9 Å². The zero-order chi connectivity index (χ0) is 26.8. The van der Waals surface area contributed by atoms with Gasteiger partial charge in [-0.1, -0.05) is 78.4 Å². The number of rotatable bonds is 6. The van der Waals surface area contributed by atoms with Crippen LogP contribution < -0.4 is 20.1 Å². The first kappa shape index (κ1) is 24.8. The molecule has 1 aliphatic heterocycles. The molecule has 4 aromatic rings. The number of Topliss-reactive ketones (excluding diaryl/α,β-unsaturated/α-hetero) is 1. The van der Waals surface area contributed by atoms with Crippen LogP contribution in [0.1, 0.15) is 47.1 Å². The largest absolute Gasteiger partial charge is 0.493 e. The van der Waals surface area contributed by atoms with E-state index in [1.807, 2.05) is 66.7 Å². The van der Waals surface area contributed by atoms with Gasteiger partial charge >= 0.3 is 0 Å². The lowest BCUT2D eigenvalue weighted by molar-refractivity contribution is -0.116. The number of carbonyl (C=O) groups excluding carboxylic acids is 1. The summed E-state index contributed by atoms with van der Waals surface area (Å²) >= 11 is 0. The second kappa shape index (κ2) is 10.7. The average molecular weight is 517 g/mol. The van der Waals surface area contributed by atoms with E-state index in [9.17, 15) is 4.79 Å². The standard InChI is InChI=1S/C34H32N2O3/c1-22-12-14-24(15-13-22)26-18-29-33(30(37)19-26)34(36-28-11-7-6-10-27(28)35-29)25-16-17-31(32(20-25)38-2)39-21-23-8-4-3-5-9-23/h3-17,20,26,34-36H,18-19,21H2,1-2H3/t26-,34+/m0/s1. The molecule has 0 unspecified atom stereocenters. The summed E-state index contributed by atoms with van der Waals surface area (Å²) < 4.78 is 11.8. The number of methoxy groups -OCH3 is 1. The first-order valence-corrected chi connectivity index (χ1v) is 13.4. The van der Waals surface area contributed by atoms with Crippen LogP contribution in [0.4, 0.5) is 11.4 Å². The lowest BCUT2D eigenvalue weighted by atomic mass is 9.78. The van der Waals surface area contributed by atoms with Crippen molar-refractivity contribution in [3.8, 4) is 11.5 Å². The molecule has 0 saturated heterocycles. The summed E-state index contributed by atoms with van der Waals surface area (Å²) in [7, 11) is 1.65. The molecule has 0 spiro atoms. The van der Waals surface area contributed by atoms with Crippen molar-refractivity contribution in [2.75, 3.05) is 17.7 Å². The van der Waals surface area contributed by atoms with Crippen LogP contribution in [0, 0.1) is 6.92 Å². The molecule has 0 saturated carbocycles. The van der Waals surface area contributed by atoms with E-state index in [0.29, 0.717) is 24.5 Å². The maximum Gasteiger partial charge on any atom is 0.163 e. The van der Waals surface area contributed by atoms with Gasteiger partial charge in [-0.3, -0.25) is 4.79 Å². The van der Waals surface area contributed by atoms with Crippen LogP contribution in [0.5, 0.6) is 11.5 Å². The topological polar surface area (TPSA) is 59.6 Å². The second-order valence-electron chi connectivity index (χ2n) is 10.3. The molecule has 2 atom stereocenters. The Labute approximate surface area is 229 Å². The van der Waals surface area contributed by atoms with Crippen molar-refractivity contribution < 1.29 is 14.3 Å². The highest BCUT2D eigenvalue weighted by molar-refractivity contribution is 6.01. The van der Waals surface area contributed by atoms with Crippen molar-refractivity contribution in [2.24, 2.45) is 0 Å². The Hall–Kier alpha value is -4.51. The summed E-state index contributed by atoms with van der Waals surface area (Å²) in [4.78, 5) is 13.9. The Bertz CT molecular complexity index is 1530. The van der Waals surface area contributed by atoms with Crippen LogP contribution in [0.15, 0.2) is 108 Å². The number of ketones is 1. The highest BCUT2D eigenvalue weighted by Gasteiger charge is 2.36. The Kier molecular flexibility index (Phi) is 6.80. The third kappa shape index (κ3) is 5.13. The fourth-order valence-corrected chi connectivity index (χ4v) is 5.53. The van der Waals surface area contributed by atoms with Gasteiger partial charge in [0.25, 0.3) is 0 Å². The van der Waals surface area contributed by atoms with Crippen molar-refractivity contribution in [3.63, 3.8) is 0 Å². The van der Waals surface area contributed by atoms with Gasteiger partial charge in [0.15, 0.2) is 17.3 Å². The van der Waals surface area contributed by atoms with Crippen LogP contribution in [0.2, 0.25) is 0 Å². The Morgan fingerprint density at radius 3 is 2.28 bits per heavy atom. The van der Waals surface area contributed by atoms with Gasteiger partial charge in [-0.15, -0.1) is 0 Å². The van der Waals surface area contributed by atoms with E-state index in [0.717, 1.165) is 40.2 Å². The van der Waals surface area contributed by atoms with Gasteiger partial charge in [0.05, 0.1) is 24.5 Å². The van der Waals surface area contributed by atoms with E-state index < -0.39 is 0 Å². The number of hydrogen-bond acceptors (Lipinski definition) is 5. The number of anilines is 2. The average Bonchev–Trinajstić information content (AvgIpc) is 3.14. The molecule has 0 aromatic heterocycles. The Morgan fingerprint density at radius 1 is 0.795 bits per heavy atom. The molecule has 1 aliphatic carbocycles. The molecule has 4 aromatic carbocycles. The quantitative estimate of drug-likeness (QED) is 0.277. The third-order valence-electron chi connectivity index (χ3n) is 7.62. The number of ether oxygens (including phenoxy) is 2. The molecular formula is C34H32N2O3. The zero-order valence-electron chi connectivity index (χ0n) is 22.2. The number of benzene rings is 4. The monoisotopic (exact) mass is 516 g/mol. The normalized spacial score (nSPS) is 18.3. The zero-order valence-corrected chi connectivity index (χ0v) is 22.2.